The van der Waals surface area contributed by atoms with Gasteiger partial charge in [0.25, 0.3) is 0 Å². The van der Waals surface area contributed by atoms with E-state index in [4.69, 9.17) is 4.74 Å². The molecule has 0 aromatic heterocycles. The maximum atomic E-state index is 11.6. The molecule has 0 spiro atoms. The number of ether oxygens (including phenoxy) is 1. The highest BCUT2D eigenvalue weighted by molar-refractivity contribution is 5.75. The number of carbonyl (C=O) groups excluding carboxylic acids is 1. The van der Waals surface area contributed by atoms with E-state index in [1.807, 2.05) is 0 Å². The average Bonchev–Trinajstić information content (AvgIpc) is 2.44. The van der Waals surface area contributed by atoms with Crippen LogP contribution in [0.15, 0.2) is 0 Å². The fourth-order valence-electron chi connectivity index (χ4n) is 2.93. The fraction of sp³-hybridized carbons (Fsp3) is 0.917. The molecule has 1 saturated carbocycles. The SMILES string of the molecule is CC(C)(C)C1OC(=O)C2CCCCC21. The Balaban J connectivity index is 2.18. The van der Waals surface area contributed by atoms with Gasteiger partial charge in [-0.15, -0.1) is 0 Å². The Morgan fingerprint density at radius 3 is 2.50 bits per heavy atom. The molecular weight excluding hydrogens is 176 g/mol. The van der Waals surface area contributed by atoms with Gasteiger partial charge in [0, 0.05) is 5.92 Å². The molecule has 3 unspecified atom stereocenters. The van der Waals surface area contributed by atoms with Crippen LogP contribution in [0.5, 0.6) is 0 Å². The summed E-state index contributed by atoms with van der Waals surface area (Å²) in [5, 5.41) is 0. The van der Waals surface area contributed by atoms with Crippen LogP contribution in [-0.2, 0) is 9.53 Å². The van der Waals surface area contributed by atoms with Crippen molar-refractivity contribution in [3.05, 3.63) is 0 Å². The lowest BCUT2D eigenvalue weighted by Gasteiger charge is -2.33. The van der Waals surface area contributed by atoms with E-state index in [9.17, 15) is 4.79 Å². The molecule has 0 amide bonds. The van der Waals surface area contributed by atoms with Crippen molar-refractivity contribution in [1.29, 1.82) is 0 Å². The summed E-state index contributed by atoms with van der Waals surface area (Å²) in [6, 6.07) is 0. The predicted octanol–water partition coefficient (Wildman–Crippen LogP) is 2.76. The van der Waals surface area contributed by atoms with Crippen molar-refractivity contribution in [3.63, 3.8) is 0 Å². The van der Waals surface area contributed by atoms with Gasteiger partial charge in [-0.05, 0) is 18.3 Å². The second kappa shape index (κ2) is 3.25. The molecule has 1 saturated heterocycles. The van der Waals surface area contributed by atoms with E-state index in [2.05, 4.69) is 20.8 Å². The summed E-state index contributed by atoms with van der Waals surface area (Å²) in [6.07, 6.45) is 4.85. The Bertz CT molecular complexity index is 239. The summed E-state index contributed by atoms with van der Waals surface area (Å²) >= 11 is 0. The largest absolute Gasteiger partial charge is 0.461 e. The molecule has 2 rings (SSSR count). The number of fused-ring (bicyclic) bond motifs is 1. The first-order valence-corrected chi connectivity index (χ1v) is 5.70. The van der Waals surface area contributed by atoms with Crippen molar-refractivity contribution in [2.24, 2.45) is 17.3 Å². The van der Waals surface area contributed by atoms with E-state index in [1.54, 1.807) is 0 Å². The van der Waals surface area contributed by atoms with Crippen molar-refractivity contribution in [1.82, 2.24) is 0 Å². The highest BCUT2D eigenvalue weighted by atomic mass is 16.6. The monoisotopic (exact) mass is 196 g/mol. The summed E-state index contributed by atoms with van der Waals surface area (Å²) in [6.45, 7) is 6.51. The van der Waals surface area contributed by atoms with Crippen molar-refractivity contribution in [2.45, 2.75) is 52.6 Å². The molecular formula is C12H20O2. The van der Waals surface area contributed by atoms with Gasteiger partial charge in [-0.3, -0.25) is 4.79 Å². The molecule has 2 aliphatic rings. The average molecular weight is 196 g/mol. The topological polar surface area (TPSA) is 26.3 Å². The maximum Gasteiger partial charge on any atom is 0.309 e. The zero-order chi connectivity index (χ0) is 10.3. The third kappa shape index (κ3) is 1.55. The number of hydrogen-bond acceptors (Lipinski definition) is 2. The van der Waals surface area contributed by atoms with Gasteiger partial charge in [-0.1, -0.05) is 33.6 Å². The highest BCUT2D eigenvalue weighted by Gasteiger charge is 2.49. The zero-order valence-corrected chi connectivity index (χ0v) is 9.38. The molecule has 0 bridgehead atoms. The zero-order valence-electron chi connectivity index (χ0n) is 9.38. The Hall–Kier alpha value is -0.530. The molecule has 3 atom stereocenters. The van der Waals surface area contributed by atoms with Gasteiger partial charge >= 0.3 is 5.97 Å². The van der Waals surface area contributed by atoms with Gasteiger partial charge in [0.15, 0.2) is 0 Å². The van der Waals surface area contributed by atoms with E-state index in [0.717, 1.165) is 6.42 Å². The lowest BCUT2D eigenvalue weighted by Crippen LogP contribution is -2.34. The second-order valence-corrected chi connectivity index (χ2v) is 5.78. The minimum absolute atomic E-state index is 0.0645. The summed E-state index contributed by atoms with van der Waals surface area (Å²) in [5.41, 5.74) is 0.104. The number of cyclic esters (lactones) is 1. The molecule has 1 aliphatic heterocycles. The maximum absolute atomic E-state index is 11.6. The van der Waals surface area contributed by atoms with Crippen LogP contribution in [0, 0.1) is 17.3 Å². The number of rotatable bonds is 0. The molecule has 0 radical (unpaired) electrons. The molecule has 0 N–H and O–H groups in total. The fourth-order valence-corrected chi connectivity index (χ4v) is 2.93. The Morgan fingerprint density at radius 1 is 1.21 bits per heavy atom. The molecule has 0 aromatic rings. The van der Waals surface area contributed by atoms with Crippen LogP contribution >= 0.6 is 0 Å². The minimum Gasteiger partial charge on any atom is -0.461 e. The second-order valence-electron chi connectivity index (χ2n) is 5.78. The quantitative estimate of drug-likeness (QED) is 0.557. The predicted molar refractivity (Wildman–Crippen MR) is 54.8 cm³/mol. The Labute approximate surface area is 86.0 Å². The van der Waals surface area contributed by atoms with E-state index in [0.29, 0.717) is 5.92 Å². The van der Waals surface area contributed by atoms with Gasteiger partial charge in [-0.25, -0.2) is 0 Å². The molecule has 2 nitrogen and oxygen atoms in total. The molecule has 1 aliphatic carbocycles. The van der Waals surface area contributed by atoms with E-state index in [1.165, 1.54) is 19.3 Å². The van der Waals surface area contributed by atoms with E-state index >= 15 is 0 Å². The summed E-state index contributed by atoms with van der Waals surface area (Å²) < 4.78 is 5.53. The van der Waals surface area contributed by atoms with Crippen LogP contribution in [-0.4, -0.2) is 12.1 Å². The van der Waals surface area contributed by atoms with Gasteiger partial charge in [0.2, 0.25) is 0 Å². The molecule has 2 fully saturated rings. The van der Waals surface area contributed by atoms with Gasteiger partial charge < -0.3 is 4.74 Å². The highest BCUT2D eigenvalue weighted by Crippen LogP contribution is 2.45. The molecule has 1 heterocycles. The summed E-state index contributed by atoms with van der Waals surface area (Å²) in [5.74, 6) is 0.777. The molecule has 80 valence electrons. The van der Waals surface area contributed by atoms with Crippen LogP contribution in [0.2, 0.25) is 0 Å². The number of hydrogen-bond donors (Lipinski definition) is 0. The first-order chi connectivity index (χ1) is 6.50. The number of carbonyl (C=O) groups is 1. The van der Waals surface area contributed by atoms with Crippen LogP contribution in [0.3, 0.4) is 0 Å². The third-order valence-electron chi connectivity index (χ3n) is 3.61. The van der Waals surface area contributed by atoms with Crippen LogP contribution in [0.25, 0.3) is 0 Å². The third-order valence-corrected chi connectivity index (χ3v) is 3.61. The molecule has 0 aromatic carbocycles. The lowest BCUT2D eigenvalue weighted by molar-refractivity contribution is -0.147. The lowest BCUT2D eigenvalue weighted by atomic mass is 9.71. The molecule has 2 heteroatoms. The standard InChI is InChI=1S/C12H20O2/c1-12(2,3)10-8-6-4-5-7-9(8)11(13)14-10/h8-10H,4-7H2,1-3H3. The minimum atomic E-state index is 0.0645. The van der Waals surface area contributed by atoms with Crippen LogP contribution in [0.4, 0.5) is 0 Å². The first kappa shape index (κ1) is 10.0. The van der Waals surface area contributed by atoms with E-state index < -0.39 is 0 Å². The van der Waals surface area contributed by atoms with Crippen molar-refractivity contribution in [2.75, 3.05) is 0 Å². The number of esters is 1. The van der Waals surface area contributed by atoms with Crippen LogP contribution < -0.4 is 0 Å². The molecule has 14 heavy (non-hydrogen) atoms. The smallest absolute Gasteiger partial charge is 0.309 e. The normalized spacial score (nSPS) is 37.9. The van der Waals surface area contributed by atoms with Crippen molar-refractivity contribution >= 4 is 5.97 Å². The Morgan fingerprint density at radius 2 is 1.86 bits per heavy atom. The van der Waals surface area contributed by atoms with Crippen LogP contribution in [0.1, 0.15) is 46.5 Å². The first-order valence-electron chi connectivity index (χ1n) is 5.70. The van der Waals surface area contributed by atoms with Crippen molar-refractivity contribution < 1.29 is 9.53 Å². The summed E-state index contributed by atoms with van der Waals surface area (Å²) in [4.78, 5) is 11.6. The Kier molecular flexibility index (Phi) is 2.32. The van der Waals surface area contributed by atoms with Gasteiger partial charge in [-0.2, -0.15) is 0 Å². The van der Waals surface area contributed by atoms with Crippen molar-refractivity contribution in [3.8, 4) is 0 Å². The summed E-state index contributed by atoms with van der Waals surface area (Å²) in [7, 11) is 0. The van der Waals surface area contributed by atoms with Gasteiger partial charge in [0.1, 0.15) is 6.10 Å². The van der Waals surface area contributed by atoms with Gasteiger partial charge in [0.05, 0.1) is 5.92 Å². The van der Waals surface area contributed by atoms with E-state index in [-0.39, 0.29) is 23.4 Å².